The lowest BCUT2D eigenvalue weighted by molar-refractivity contribution is -0.126. The summed E-state index contributed by atoms with van der Waals surface area (Å²) >= 11 is 0. The van der Waals surface area contributed by atoms with Gasteiger partial charge < -0.3 is 14.8 Å². The van der Waals surface area contributed by atoms with Crippen molar-refractivity contribution in [3.05, 3.63) is 94.5 Å². The van der Waals surface area contributed by atoms with Crippen molar-refractivity contribution in [3.8, 4) is 11.5 Å². The van der Waals surface area contributed by atoms with Crippen molar-refractivity contribution in [1.29, 1.82) is 0 Å². The topological polar surface area (TPSA) is 47.6 Å². The van der Waals surface area contributed by atoms with Crippen LogP contribution in [0.4, 0.5) is 0 Å². The van der Waals surface area contributed by atoms with E-state index in [1.165, 1.54) is 22.3 Å². The Kier molecular flexibility index (Phi) is 5.14. The molecule has 31 heavy (non-hydrogen) atoms. The molecular weight excluding hydrogens is 386 g/mol. The zero-order valence-corrected chi connectivity index (χ0v) is 17.9. The van der Waals surface area contributed by atoms with E-state index in [0.29, 0.717) is 24.0 Å². The summed E-state index contributed by atoms with van der Waals surface area (Å²) in [6, 6.07) is 23.2. The standard InChI is InChI=1S/C27H27NO3/c1-30-24-12-11-17(15-25(24)31-2)13-14-28-27(29)23-16-22-18-7-3-5-9-20(18)26(23)21-10-6-4-8-19(21)22/h3-12,15,22-23,26H,13-14,16H2,1-2H3,(H,28,29)/t22?,23-,26?/m1/s1. The third kappa shape index (κ3) is 3.36. The van der Waals surface area contributed by atoms with Gasteiger partial charge in [0.25, 0.3) is 0 Å². The molecule has 1 atom stereocenters. The fourth-order valence-corrected chi connectivity index (χ4v) is 5.39. The van der Waals surface area contributed by atoms with Crippen LogP contribution in [0.3, 0.4) is 0 Å². The largest absolute Gasteiger partial charge is 0.493 e. The van der Waals surface area contributed by atoms with Gasteiger partial charge in [0.2, 0.25) is 5.91 Å². The maximum absolute atomic E-state index is 13.3. The van der Waals surface area contributed by atoms with Gasteiger partial charge in [0.15, 0.2) is 11.5 Å². The van der Waals surface area contributed by atoms with Crippen LogP contribution in [-0.4, -0.2) is 26.7 Å². The van der Waals surface area contributed by atoms with Gasteiger partial charge >= 0.3 is 0 Å². The van der Waals surface area contributed by atoms with Gasteiger partial charge in [-0.25, -0.2) is 0 Å². The molecule has 4 nitrogen and oxygen atoms in total. The molecule has 6 rings (SSSR count). The minimum absolute atomic E-state index is 0.0276. The number of amides is 1. The van der Waals surface area contributed by atoms with Crippen molar-refractivity contribution < 1.29 is 14.3 Å². The van der Waals surface area contributed by atoms with Crippen LogP contribution in [0.5, 0.6) is 11.5 Å². The number of carbonyl (C=O) groups excluding carboxylic acids is 1. The fraction of sp³-hybridized carbons (Fsp3) is 0.296. The number of methoxy groups -OCH3 is 2. The van der Waals surface area contributed by atoms with E-state index >= 15 is 0 Å². The smallest absolute Gasteiger partial charge is 0.224 e. The van der Waals surface area contributed by atoms with E-state index in [1.807, 2.05) is 18.2 Å². The lowest BCUT2D eigenvalue weighted by Crippen LogP contribution is -2.42. The van der Waals surface area contributed by atoms with Crippen LogP contribution in [0, 0.1) is 5.92 Å². The molecule has 0 saturated heterocycles. The third-order valence-corrected chi connectivity index (χ3v) is 6.80. The average molecular weight is 414 g/mol. The first-order chi connectivity index (χ1) is 15.2. The SMILES string of the molecule is COc1ccc(CCNC(=O)[C@@H]2CC3c4ccccc4C2c2ccccc23)cc1OC. The van der Waals surface area contributed by atoms with Crippen LogP contribution in [-0.2, 0) is 11.2 Å². The highest BCUT2D eigenvalue weighted by Gasteiger charge is 2.45. The molecule has 158 valence electrons. The number of hydrogen-bond acceptors (Lipinski definition) is 3. The van der Waals surface area contributed by atoms with Crippen LogP contribution in [0.1, 0.15) is 46.1 Å². The van der Waals surface area contributed by atoms with E-state index in [9.17, 15) is 4.79 Å². The molecule has 0 fully saturated rings. The number of ether oxygens (including phenoxy) is 2. The minimum Gasteiger partial charge on any atom is -0.493 e. The lowest BCUT2D eigenvalue weighted by Gasteiger charge is -2.44. The molecule has 0 aromatic heterocycles. The average Bonchev–Trinajstić information content (AvgIpc) is 2.83. The summed E-state index contributed by atoms with van der Waals surface area (Å²) in [7, 11) is 3.27. The molecule has 3 aliphatic carbocycles. The molecular formula is C27H27NO3. The molecule has 4 heteroatoms. The van der Waals surface area contributed by atoms with Crippen molar-refractivity contribution in [2.45, 2.75) is 24.7 Å². The molecule has 3 aliphatic rings. The first-order valence-corrected chi connectivity index (χ1v) is 10.9. The molecule has 0 spiro atoms. The number of rotatable bonds is 6. The summed E-state index contributed by atoms with van der Waals surface area (Å²) in [4.78, 5) is 13.3. The van der Waals surface area contributed by atoms with E-state index in [0.717, 1.165) is 18.4 Å². The van der Waals surface area contributed by atoms with E-state index in [4.69, 9.17) is 9.47 Å². The summed E-state index contributed by atoms with van der Waals surface area (Å²) in [5.74, 6) is 1.99. The Labute approximate surface area is 183 Å². The Morgan fingerprint density at radius 2 is 1.48 bits per heavy atom. The highest BCUT2D eigenvalue weighted by atomic mass is 16.5. The van der Waals surface area contributed by atoms with Crippen LogP contribution in [0.25, 0.3) is 0 Å². The molecule has 3 aromatic rings. The molecule has 0 radical (unpaired) electrons. The maximum Gasteiger partial charge on any atom is 0.224 e. The predicted octanol–water partition coefficient (Wildman–Crippen LogP) is 4.66. The minimum atomic E-state index is -0.0276. The Morgan fingerprint density at radius 1 is 0.871 bits per heavy atom. The highest BCUT2D eigenvalue weighted by molar-refractivity contribution is 5.82. The van der Waals surface area contributed by atoms with Crippen LogP contribution in [0.15, 0.2) is 66.7 Å². The normalized spacial score (nSPS) is 20.5. The monoisotopic (exact) mass is 413 g/mol. The number of nitrogens with one attached hydrogen (secondary N) is 1. The highest BCUT2D eigenvalue weighted by Crippen LogP contribution is 2.55. The van der Waals surface area contributed by atoms with Crippen molar-refractivity contribution in [1.82, 2.24) is 5.32 Å². The molecule has 2 bridgehead atoms. The van der Waals surface area contributed by atoms with Crippen molar-refractivity contribution in [3.63, 3.8) is 0 Å². The number of fused-ring (bicyclic) bond motifs is 1. The second-order valence-corrected chi connectivity index (χ2v) is 8.36. The molecule has 0 heterocycles. The van der Waals surface area contributed by atoms with Crippen molar-refractivity contribution in [2.24, 2.45) is 5.92 Å². The van der Waals surface area contributed by atoms with Crippen LogP contribution < -0.4 is 14.8 Å². The number of benzene rings is 3. The summed E-state index contributed by atoms with van der Waals surface area (Å²) in [6.45, 7) is 0.603. The molecule has 1 amide bonds. The van der Waals surface area contributed by atoms with Gasteiger partial charge in [-0.05, 0) is 52.8 Å². The first kappa shape index (κ1) is 19.7. The van der Waals surface area contributed by atoms with Gasteiger partial charge in [-0.2, -0.15) is 0 Å². The van der Waals surface area contributed by atoms with E-state index in [-0.39, 0.29) is 17.7 Å². The lowest BCUT2D eigenvalue weighted by atomic mass is 9.59. The van der Waals surface area contributed by atoms with Crippen LogP contribution in [0.2, 0.25) is 0 Å². The Hall–Kier alpha value is -3.27. The maximum atomic E-state index is 13.3. The predicted molar refractivity (Wildman–Crippen MR) is 121 cm³/mol. The van der Waals surface area contributed by atoms with Gasteiger partial charge in [-0.1, -0.05) is 54.6 Å². The van der Waals surface area contributed by atoms with Gasteiger partial charge in [0, 0.05) is 24.3 Å². The Balaban J connectivity index is 1.32. The van der Waals surface area contributed by atoms with Crippen molar-refractivity contribution in [2.75, 3.05) is 20.8 Å². The Bertz CT molecular complexity index is 1080. The van der Waals surface area contributed by atoms with E-state index in [2.05, 4.69) is 53.8 Å². The number of hydrogen-bond donors (Lipinski definition) is 1. The summed E-state index contributed by atoms with van der Waals surface area (Å²) in [5.41, 5.74) is 6.52. The number of carbonyl (C=O) groups is 1. The van der Waals surface area contributed by atoms with Gasteiger partial charge in [-0.15, -0.1) is 0 Å². The summed E-state index contributed by atoms with van der Waals surface area (Å²) in [5, 5.41) is 3.20. The molecule has 1 N–H and O–H groups in total. The second-order valence-electron chi connectivity index (χ2n) is 8.36. The third-order valence-electron chi connectivity index (χ3n) is 6.80. The summed E-state index contributed by atoms with van der Waals surface area (Å²) in [6.07, 6.45) is 1.63. The van der Waals surface area contributed by atoms with Gasteiger partial charge in [0.05, 0.1) is 14.2 Å². The van der Waals surface area contributed by atoms with Gasteiger partial charge in [-0.3, -0.25) is 4.79 Å². The zero-order valence-electron chi connectivity index (χ0n) is 17.9. The van der Waals surface area contributed by atoms with E-state index < -0.39 is 0 Å². The zero-order chi connectivity index (χ0) is 21.4. The van der Waals surface area contributed by atoms with Gasteiger partial charge in [0.1, 0.15) is 0 Å². The molecule has 0 aliphatic heterocycles. The van der Waals surface area contributed by atoms with Crippen molar-refractivity contribution >= 4 is 5.91 Å². The molecule has 0 unspecified atom stereocenters. The fourth-order valence-electron chi connectivity index (χ4n) is 5.39. The van der Waals surface area contributed by atoms with Crippen LogP contribution >= 0.6 is 0 Å². The second kappa shape index (κ2) is 8.10. The first-order valence-electron chi connectivity index (χ1n) is 10.9. The molecule has 0 saturated carbocycles. The molecule has 3 aromatic carbocycles. The quantitative estimate of drug-likeness (QED) is 0.639. The Morgan fingerprint density at radius 3 is 2.10 bits per heavy atom. The summed E-state index contributed by atoms with van der Waals surface area (Å²) < 4.78 is 10.7. The van der Waals surface area contributed by atoms with E-state index in [1.54, 1.807) is 14.2 Å².